The van der Waals surface area contributed by atoms with Crippen molar-refractivity contribution in [3.8, 4) is 0 Å². The average Bonchev–Trinajstić information content (AvgIpc) is 2.82. The number of ether oxygens (including phenoxy) is 1. The third kappa shape index (κ3) is 7.51. The zero-order valence-corrected chi connectivity index (χ0v) is 21.0. The summed E-state index contributed by atoms with van der Waals surface area (Å²) in [6, 6.07) is -0.269. The van der Waals surface area contributed by atoms with Gasteiger partial charge in [-0.1, -0.05) is 64.0 Å². The van der Waals surface area contributed by atoms with Gasteiger partial charge in [0.05, 0.1) is 24.6 Å². The van der Waals surface area contributed by atoms with Crippen LogP contribution in [0.1, 0.15) is 84.0 Å². The first kappa shape index (κ1) is 26.1. The van der Waals surface area contributed by atoms with Crippen molar-refractivity contribution >= 4 is 11.8 Å². The zero-order chi connectivity index (χ0) is 24.3. The molecule has 34 heavy (non-hydrogen) atoms. The Balaban J connectivity index is 1.69. The van der Waals surface area contributed by atoms with Gasteiger partial charge in [-0.3, -0.25) is 9.59 Å². The molecule has 3 rings (SSSR count). The summed E-state index contributed by atoms with van der Waals surface area (Å²) in [5, 5.41) is 9.57. The van der Waals surface area contributed by atoms with Crippen LogP contribution in [-0.2, 0) is 14.3 Å². The molecule has 0 bridgehead atoms. The fourth-order valence-electron chi connectivity index (χ4n) is 5.48. The van der Waals surface area contributed by atoms with Crippen LogP contribution in [0.4, 0.5) is 0 Å². The molecule has 2 atom stereocenters. The first-order valence-electron chi connectivity index (χ1n) is 13.1. The number of allylic oxidation sites excluding steroid dienone is 1. The van der Waals surface area contributed by atoms with Crippen LogP contribution in [0.2, 0.25) is 0 Å². The van der Waals surface area contributed by atoms with E-state index in [1.807, 2.05) is 12.3 Å². The molecular formula is C28H43N3O3. The molecule has 2 fully saturated rings. The largest absolute Gasteiger partial charge is 0.504 e. The van der Waals surface area contributed by atoms with Gasteiger partial charge in [-0.15, -0.1) is 0 Å². The lowest BCUT2D eigenvalue weighted by Crippen LogP contribution is -2.51. The molecule has 2 unspecified atom stereocenters. The van der Waals surface area contributed by atoms with E-state index in [1.54, 1.807) is 6.92 Å². The molecule has 0 aromatic rings. The Bertz CT molecular complexity index is 800. The second kappa shape index (κ2) is 13.4. The third-order valence-corrected chi connectivity index (χ3v) is 7.47. The third-order valence-electron chi connectivity index (χ3n) is 7.47. The van der Waals surface area contributed by atoms with Crippen molar-refractivity contribution in [2.75, 3.05) is 7.11 Å². The van der Waals surface area contributed by atoms with E-state index in [0.29, 0.717) is 23.1 Å². The lowest BCUT2D eigenvalue weighted by molar-refractivity contribution is -0.128. The molecule has 0 radical (unpaired) electrons. The minimum Gasteiger partial charge on any atom is -0.504 e. The van der Waals surface area contributed by atoms with Crippen LogP contribution >= 0.6 is 0 Å². The van der Waals surface area contributed by atoms with Crippen molar-refractivity contribution in [2.45, 2.75) is 96.1 Å². The molecular weight excluding hydrogens is 426 g/mol. The summed E-state index contributed by atoms with van der Waals surface area (Å²) in [6.07, 6.45) is 21.6. The Kier molecular flexibility index (Phi) is 10.3. The van der Waals surface area contributed by atoms with E-state index in [-0.39, 0.29) is 17.7 Å². The van der Waals surface area contributed by atoms with Crippen molar-refractivity contribution in [1.82, 2.24) is 16.0 Å². The van der Waals surface area contributed by atoms with E-state index in [9.17, 15) is 9.59 Å². The summed E-state index contributed by atoms with van der Waals surface area (Å²) in [4.78, 5) is 26.5. The van der Waals surface area contributed by atoms with Gasteiger partial charge in [0.25, 0.3) is 5.91 Å². The number of carbonyl (C=O) groups excluding carboxylic acids is 2. The molecule has 0 saturated heterocycles. The van der Waals surface area contributed by atoms with Crippen LogP contribution in [0.25, 0.3) is 0 Å². The maximum Gasteiger partial charge on any atom is 0.255 e. The standard InChI is InChI=1S/C28H43N3O3/c1-20(2)24(19-34-3)27(32)31-26(22-14-8-5-4-6-9-15-22)28(33)30-23-16-17-25(29-18-23)21-12-10-7-11-13-21/h16-19,21-22,25-26,29H,1,4-15H2,2-3H3,(H,30,33)(H,31,32)/b24-19+. The van der Waals surface area contributed by atoms with Crippen LogP contribution in [0.15, 0.2) is 48.0 Å². The summed E-state index contributed by atoms with van der Waals surface area (Å²) in [6.45, 7) is 5.66. The van der Waals surface area contributed by atoms with Gasteiger partial charge in [0.2, 0.25) is 5.91 Å². The van der Waals surface area contributed by atoms with E-state index in [1.165, 1.54) is 64.7 Å². The Morgan fingerprint density at radius 3 is 2.26 bits per heavy atom. The van der Waals surface area contributed by atoms with Gasteiger partial charge < -0.3 is 20.7 Å². The second-order valence-electron chi connectivity index (χ2n) is 10.1. The summed E-state index contributed by atoms with van der Waals surface area (Å²) >= 11 is 0. The van der Waals surface area contributed by atoms with Gasteiger partial charge in [-0.05, 0) is 56.1 Å². The van der Waals surface area contributed by atoms with Gasteiger partial charge >= 0.3 is 0 Å². The molecule has 3 N–H and O–H groups in total. The van der Waals surface area contributed by atoms with Crippen LogP contribution in [-0.4, -0.2) is 31.0 Å². The van der Waals surface area contributed by atoms with Crippen LogP contribution in [0.3, 0.4) is 0 Å². The highest BCUT2D eigenvalue weighted by molar-refractivity contribution is 6.00. The molecule has 0 aromatic carbocycles. The predicted octanol–water partition coefficient (Wildman–Crippen LogP) is 5.00. The Morgan fingerprint density at radius 2 is 1.68 bits per heavy atom. The lowest BCUT2D eigenvalue weighted by atomic mass is 9.83. The van der Waals surface area contributed by atoms with Crippen LogP contribution < -0.4 is 16.0 Å². The summed E-state index contributed by atoms with van der Waals surface area (Å²) < 4.78 is 5.08. The van der Waals surface area contributed by atoms with Gasteiger partial charge in [0.15, 0.2) is 0 Å². The molecule has 2 amide bonds. The number of methoxy groups -OCH3 is 1. The Morgan fingerprint density at radius 1 is 1.06 bits per heavy atom. The normalized spacial score (nSPS) is 23.5. The fourth-order valence-corrected chi connectivity index (χ4v) is 5.48. The number of carbonyl (C=O) groups is 2. The van der Waals surface area contributed by atoms with Crippen molar-refractivity contribution in [1.29, 1.82) is 0 Å². The van der Waals surface area contributed by atoms with E-state index < -0.39 is 6.04 Å². The predicted molar refractivity (Wildman–Crippen MR) is 137 cm³/mol. The summed E-state index contributed by atoms with van der Waals surface area (Å²) in [5.74, 6) is 0.286. The molecule has 2 saturated carbocycles. The number of amides is 2. The molecule has 0 aromatic heterocycles. The number of rotatable bonds is 8. The quantitative estimate of drug-likeness (QED) is 0.265. The lowest BCUT2D eigenvalue weighted by Gasteiger charge is -2.31. The number of hydrogen-bond donors (Lipinski definition) is 3. The van der Waals surface area contributed by atoms with Crippen molar-refractivity contribution in [2.24, 2.45) is 11.8 Å². The highest BCUT2D eigenvalue weighted by Gasteiger charge is 2.32. The van der Waals surface area contributed by atoms with E-state index in [4.69, 9.17) is 4.74 Å². The molecule has 1 aliphatic heterocycles. The van der Waals surface area contributed by atoms with Gasteiger partial charge in [-0.2, -0.15) is 0 Å². The second-order valence-corrected chi connectivity index (χ2v) is 10.1. The minimum atomic E-state index is -0.601. The van der Waals surface area contributed by atoms with Crippen LogP contribution in [0, 0.1) is 11.8 Å². The van der Waals surface area contributed by atoms with Gasteiger partial charge in [0.1, 0.15) is 6.04 Å². The van der Waals surface area contributed by atoms with Crippen molar-refractivity contribution in [3.63, 3.8) is 0 Å². The number of hydrogen-bond acceptors (Lipinski definition) is 4. The molecule has 0 spiro atoms. The average molecular weight is 470 g/mol. The van der Waals surface area contributed by atoms with Crippen LogP contribution in [0.5, 0.6) is 0 Å². The Hall–Kier alpha value is -2.50. The highest BCUT2D eigenvalue weighted by atomic mass is 16.5. The monoisotopic (exact) mass is 469 g/mol. The fraction of sp³-hybridized carbons (Fsp3) is 0.643. The molecule has 3 aliphatic rings. The maximum absolute atomic E-state index is 13.5. The Labute approximate surface area is 205 Å². The first-order valence-corrected chi connectivity index (χ1v) is 13.1. The zero-order valence-electron chi connectivity index (χ0n) is 21.0. The van der Waals surface area contributed by atoms with E-state index in [0.717, 1.165) is 31.4 Å². The van der Waals surface area contributed by atoms with Gasteiger partial charge in [0, 0.05) is 12.2 Å². The topological polar surface area (TPSA) is 79.5 Å². The smallest absolute Gasteiger partial charge is 0.255 e. The summed E-state index contributed by atoms with van der Waals surface area (Å²) in [5.41, 5.74) is 1.71. The molecule has 2 aliphatic carbocycles. The number of nitrogens with one attached hydrogen (secondary N) is 3. The van der Waals surface area contributed by atoms with E-state index >= 15 is 0 Å². The summed E-state index contributed by atoms with van der Waals surface area (Å²) in [7, 11) is 1.50. The molecule has 6 heteroatoms. The molecule has 1 heterocycles. The molecule has 6 nitrogen and oxygen atoms in total. The first-order chi connectivity index (χ1) is 16.5. The minimum absolute atomic E-state index is 0.106. The highest BCUT2D eigenvalue weighted by Crippen LogP contribution is 2.29. The SMILES string of the molecule is C=C(C)/C(=C\OC)C(=O)NC(C(=O)NC1=CNC(C2CCCCC2)C=C1)C1CCCCCCC1. The molecule has 188 valence electrons. The van der Waals surface area contributed by atoms with E-state index in [2.05, 4.69) is 28.6 Å². The maximum atomic E-state index is 13.5. The van der Waals surface area contributed by atoms with Crippen molar-refractivity contribution in [3.05, 3.63) is 48.0 Å². The number of dihydropyridines is 1. The van der Waals surface area contributed by atoms with Gasteiger partial charge in [-0.25, -0.2) is 0 Å². The van der Waals surface area contributed by atoms with Crippen molar-refractivity contribution < 1.29 is 14.3 Å².